The van der Waals surface area contributed by atoms with Crippen LogP contribution in [-0.2, 0) is 10.1 Å². The number of likely N-dealkylation sites (tertiary alicyclic amines) is 1. The molecular formula is C13H18NO4S-. The molecule has 0 N–H and O–H groups in total. The van der Waals surface area contributed by atoms with Crippen LogP contribution >= 0.6 is 0 Å². The fourth-order valence-corrected chi connectivity index (χ4v) is 2.90. The molecular weight excluding hydrogens is 266 g/mol. The van der Waals surface area contributed by atoms with Crippen molar-refractivity contribution in [3.63, 3.8) is 0 Å². The quantitative estimate of drug-likeness (QED) is 0.770. The molecule has 0 aliphatic carbocycles. The summed E-state index contributed by atoms with van der Waals surface area (Å²) in [4.78, 5) is 13.6. The van der Waals surface area contributed by atoms with Crippen LogP contribution in [0, 0.1) is 0 Å². The fraction of sp³-hybridized carbons (Fsp3) is 0.462. The maximum Gasteiger partial charge on any atom is 0.253 e. The molecule has 5 nitrogen and oxygen atoms in total. The van der Waals surface area contributed by atoms with E-state index in [2.05, 4.69) is 0 Å². The number of nitrogens with zero attached hydrogens (tertiary/aromatic N) is 1. The number of carbonyl (C=O) groups is 1. The van der Waals surface area contributed by atoms with Gasteiger partial charge in [-0.15, -0.1) is 0 Å². The first-order chi connectivity index (χ1) is 8.48. The highest BCUT2D eigenvalue weighted by molar-refractivity contribution is 7.86. The van der Waals surface area contributed by atoms with E-state index in [1.165, 1.54) is 0 Å². The average molecular weight is 284 g/mol. The zero-order chi connectivity index (χ0) is 13.2. The Bertz CT molecular complexity index is 519. The molecule has 0 atom stereocenters. The molecule has 1 aliphatic rings. The van der Waals surface area contributed by atoms with Crippen LogP contribution in [0.15, 0.2) is 30.3 Å². The van der Waals surface area contributed by atoms with Crippen LogP contribution in [0.5, 0.6) is 0 Å². The molecule has 1 aromatic rings. The van der Waals surface area contributed by atoms with Gasteiger partial charge in [-0.05, 0) is 25.0 Å². The predicted octanol–water partition coefficient (Wildman–Crippen LogP) is 1.47. The van der Waals surface area contributed by atoms with Crippen LogP contribution in [0.4, 0.5) is 0 Å². The minimum atomic E-state index is -4.23. The normalized spacial score (nSPS) is 16.8. The molecule has 0 radical (unpaired) electrons. The molecule has 1 aliphatic heterocycles. The molecule has 1 amide bonds. The monoisotopic (exact) mass is 284 g/mol. The lowest BCUT2D eigenvalue weighted by molar-refractivity contribution is 0.0724. The highest BCUT2D eigenvalue weighted by atomic mass is 32.2. The van der Waals surface area contributed by atoms with E-state index in [4.69, 9.17) is 0 Å². The molecule has 1 aromatic carbocycles. The second-order valence-corrected chi connectivity index (χ2v) is 6.00. The Morgan fingerprint density at radius 3 is 2.16 bits per heavy atom. The van der Waals surface area contributed by atoms with Crippen LogP contribution in [0.2, 0.25) is 0 Å². The lowest BCUT2D eigenvalue weighted by Gasteiger charge is -2.33. The molecule has 2 rings (SSSR count). The van der Waals surface area contributed by atoms with E-state index in [0.29, 0.717) is 18.7 Å². The van der Waals surface area contributed by atoms with Crippen LogP contribution in [-0.4, -0.2) is 42.1 Å². The SMILES string of the molecule is C.O=C(c1ccccc1)N1CCC(S(=O)(=O)[O-])CC1. The first kappa shape index (κ1) is 15.7. The minimum absolute atomic E-state index is 0. The van der Waals surface area contributed by atoms with Crippen molar-refractivity contribution in [3.05, 3.63) is 35.9 Å². The van der Waals surface area contributed by atoms with Gasteiger partial charge in [-0.1, -0.05) is 25.6 Å². The highest BCUT2D eigenvalue weighted by Crippen LogP contribution is 2.18. The predicted molar refractivity (Wildman–Crippen MR) is 71.8 cm³/mol. The van der Waals surface area contributed by atoms with Crippen molar-refractivity contribution < 1.29 is 17.8 Å². The van der Waals surface area contributed by atoms with Crippen molar-refractivity contribution in [1.29, 1.82) is 0 Å². The molecule has 0 unspecified atom stereocenters. The van der Waals surface area contributed by atoms with Crippen molar-refractivity contribution in [2.24, 2.45) is 0 Å². The first-order valence-corrected chi connectivity index (χ1v) is 7.24. The molecule has 106 valence electrons. The number of hydrogen-bond donors (Lipinski definition) is 0. The molecule has 0 bridgehead atoms. The highest BCUT2D eigenvalue weighted by Gasteiger charge is 2.26. The van der Waals surface area contributed by atoms with Gasteiger partial charge in [-0.2, -0.15) is 0 Å². The third-order valence-corrected chi connectivity index (χ3v) is 4.45. The Hall–Kier alpha value is -1.40. The summed E-state index contributed by atoms with van der Waals surface area (Å²) in [5.74, 6) is -0.114. The van der Waals surface area contributed by atoms with Crippen molar-refractivity contribution >= 4 is 16.0 Å². The van der Waals surface area contributed by atoms with Gasteiger partial charge in [-0.25, -0.2) is 8.42 Å². The first-order valence-electron chi connectivity index (χ1n) is 5.77. The molecule has 1 fully saturated rings. The molecule has 1 heterocycles. The van der Waals surface area contributed by atoms with Crippen LogP contribution in [0.1, 0.15) is 30.6 Å². The number of benzene rings is 1. The number of hydrogen-bond acceptors (Lipinski definition) is 4. The van der Waals surface area contributed by atoms with Crippen LogP contribution < -0.4 is 0 Å². The Morgan fingerprint density at radius 2 is 1.68 bits per heavy atom. The van der Waals surface area contributed by atoms with E-state index in [-0.39, 0.29) is 26.2 Å². The van der Waals surface area contributed by atoms with Crippen LogP contribution in [0.3, 0.4) is 0 Å². The van der Waals surface area contributed by atoms with E-state index in [0.717, 1.165) is 0 Å². The maximum absolute atomic E-state index is 12.1. The van der Waals surface area contributed by atoms with Gasteiger partial charge in [0, 0.05) is 18.7 Å². The van der Waals surface area contributed by atoms with Gasteiger partial charge < -0.3 is 9.45 Å². The number of piperidine rings is 1. The molecule has 0 saturated carbocycles. The van der Waals surface area contributed by atoms with E-state index in [9.17, 15) is 17.8 Å². The molecule has 6 heteroatoms. The smallest absolute Gasteiger partial charge is 0.253 e. The zero-order valence-corrected chi connectivity index (χ0v) is 10.6. The summed E-state index contributed by atoms with van der Waals surface area (Å²) < 4.78 is 32.6. The van der Waals surface area contributed by atoms with Gasteiger partial charge in [0.05, 0.1) is 15.4 Å². The summed E-state index contributed by atoms with van der Waals surface area (Å²) in [5.41, 5.74) is 0.584. The number of carbonyl (C=O) groups excluding carboxylic acids is 1. The van der Waals surface area contributed by atoms with Gasteiger partial charge in [-0.3, -0.25) is 4.79 Å². The van der Waals surface area contributed by atoms with E-state index >= 15 is 0 Å². The summed E-state index contributed by atoms with van der Waals surface area (Å²) in [7, 11) is -4.23. The van der Waals surface area contributed by atoms with E-state index in [1.54, 1.807) is 29.2 Å². The fourth-order valence-electron chi connectivity index (χ4n) is 2.11. The molecule has 19 heavy (non-hydrogen) atoms. The lowest BCUT2D eigenvalue weighted by atomic mass is 10.1. The molecule has 0 spiro atoms. The van der Waals surface area contributed by atoms with Crippen LogP contribution in [0.25, 0.3) is 0 Å². The summed E-state index contributed by atoms with van der Waals surface area (Å²) in [6, 6.07) is 8.83. The minimum Gasteiger partial charge on any atom is -0.748 e. The number of amides is 1. The van der Waals surface area contributed by atoms with Gasteiger partial charge in [0.1, 0.15) is 0 Å². The largest absolute Gasteiger partial charge is 0.748 e. The Kier molecular flexibility index (Phi) is 5.08. The Balaban J connectivity index is 0.00000180. The Morgan fingerprint density at radius 1 is 1.16 bits per heavy atom. The van der Waals surface area contributed by atoms with Crippen molar-refractivity contribution in [2.75, 3.05) is 13.1 Å². The molecule has 1 saturated heterocycles. The van der Waals surface area contributed by atoms with E-state index < -0.39 is 15.4 Å². The van der Waals surface area contributed by atoms with Crippen molar-refractivity contribution in [2.45, 2.75) is 25.5 Å². The lowest BCUT2D eigenvalue weighted by Crippen LogP contribution is -2.42. The second-order valence-electron chi connectivity index (χ2n) is 4.35. The van der Waals surface area contributed by atoms with Gasteiger partial charge >= 0.3 is 0 Å². The van der Waals surface area contributed by atoms with Gasteiger partial charge in [0.15, 0.2) is 0 Å². The zero-order valence-electron chi connectivity index (χ0n) is 9.78. The third kappa shape index (κ3) is 3.78. The average Bonchev–Trinajstić information content (AvgIpc) is 2.38. The van der Waals surface area contributed by atoms with E-state index in [1.807, 2.05) is 6.07 Å². The summed E-state index contributed by atoms with van der Waals surface area (Å²) >= 11 is 0. The maximum atomic E-state index is 12.1. The van der Waals surface area contributed by atoms with Gasteiger partial charge in [0.2, 0.25) is 0 Å². The van der Waals surface area contributed by atoms with Gasteiger partial charge in [0.25, 0.3) is 5.91 Å². The summed E-state index contributed by atoms with van der Waals surface area (Å²) in [6.45, 7) is 0.639. The molecule has 0 aromatic heterocycles. The van der Waals surface area contributed by atoms with Crippen molar-refractivity contribution in [3.8, 4) is 0 Å². The topological polar surface area (TPSA) is 77.5 Å². The number of rotatable bonds is 2. The second kappa shape index (κ2) is 6.16. The third-order valence-electron chi connectivity index (χ3n) is 3.16. The van der Waals surface area contributed by atoms with Crippen molar-refractivity contribution in [1.82, 2.24) is 4.90 Å². The Labute approximate surface area is 114 Å². The standard InChI is InChI=1S/C12H15NO4S.CH4/c14-12(10-4-2-1-3-5-10)13-8-6-11(7-9-13)18(15,16)17;/h1-5,11H,6-9H2,(H,15,16,17);1H4/p-1. The summed E-state index contributed by atoms with van der Waals surface area (Å²) in [6.07, 6.45) is 0.453. The summed E-state index contributed by atoms with van der Waals surface area (Å²) in [5, 5.41) is -0.850.